The predicted molar refractivity (Wildman–Crippen MR) is 78.1 cm³/mol. The third-order valence-electron chi connectivity index (χ3n) is 2.81. The van der Waals surface area contributed by atoms with Gasteiger partial charge in [0.25, 0.3) is 11.5 Å². The summed E-state index contributed by atoms with van der Waals surface area (Å²) in [7, 11) is 1.13. The van der Waals surface area contributed by atoms with Crippen LogP contribution in [-0.4, -0.2) is 24.0 Å². The van der Waals surface area contributed by atoms with Crippen LogP contribution < -0.4 is 5.56 Å². The molecular formula is C15H23F2NO3. The summed E-state index contributed by atoms with van der Waals surface area (Å²) >= 11 is 0. The number of rotatable bonds is 1. The van der Waals surface area contributed by atoms with Crippen LogP contribution in [0.3, 0.4) is 0 Å². The van der Waals surface area contributed by atoms with Gasteiger partial charge in [-0.3, -0.25) is 4.79 Å². The molecule has 0 saturated carbocycles. The van der Waals surface area contributed by atoms with Crippen molar-refractivity contribution in [3.8, 4) is 0 Å². The first-order valence-corrected chi connectivity index (χ1v) is 7.14. The van der Waals surface area contributed by atoms with Crippen LogP contribution in [0.4, 0.5) is 8.78 Å². The fourth-order valence-corrected chi connectivity index (χ4v) is 1.93. The monoisotopic (exact) mass is 303 g/mol. The number of aromatic nitrogens is 1. The van der Waals surface area contributed by atoms with E-state index in [0.717, 1.165) is 7.11 Å². The van der Waals surface area contributed by atoms with Crippen LogP contribution in [0.25, 0.3) is 0 Å². The third-order valence-corrected chi connectivity index (χ3v) is 2.81. The van der Waals surface area contributed by atoms with Crippen molar-refractivity contribution in [3.63, 3.8) is 0 Å². The van der Waals surface area contributed by atoms with Gasteiger partial charge in [0.05, 0.1) is 7.11 Å². The van der Waals surface area contributed by atoms with Crippen molar-refractivity contribution < 1.29 is 18.3 Å². The van der Waals surface area contributed by atoms with E-state index in [0.29, 0.717) is 11.3 Å². The number of carbonyl (C=O) groups excluding carboxylic acids is 1. The van der Waals surface area contributed by atoms with Gasteiger partial charge >= 0.3 is 5.97 Å². The first kappa shape index (κ1) is 19.3. The molecule has 0 unspecified atom stereocenters. The average Bonchev–Trinajstić information content (AvgIpc) is 2.50. The Morgan fingerprint density at radius 1 is 1.29 bits per heavy atom. The molecule has 21 heavy (non-hydrogen) atoms. The Morgan fingerprint density at radius 3 is 2.38 bits per heavy atom. The van der Waals surface area contributed by atoms with Crippen LogP contribution in [0.15, 0.2) is 10.9 Å². The standard InChI is InChI=1S/C11H11F2NO3.2C2H6/c1-17-10(16)7-4-6-5-11(12,13)3-2-8(6)14-9(7)15;2*1-2/h4H,2-3,5H2,1H3,(H,14,15);2*1-2H3. The summed E-state index contributed by atoms with van der Waals surface area (Å²) in [6, 6.07) is 1.20. The molecule has 1 aliphatic rings. The second-order valence-electron chi connectivity index (χ2n) is 4.04. The van der Waals surface area contributed by atoms with Crippen molar-refractivity contribution >= 4 is 5.97 Å². The minimum absolute atomic E-state index is 0.110. The first-order chi connectivity index (χ1) is 9.93. The normalized spacial score (nSPS) is 14.6. The van der Waals surface area contributed by atoms with E-state index >= 15 is 0 Å². The number of hydrogen-bond acceptors (Lipinski definition) is 3. The maximum atomic E-state index is 13.2. The molecule has 0 saturated heterocycles. The van der Waals surface area contributed by atoms with Crippen LogP contribution in [0.5, 0.6) is 0 Å². The summed E-state index contributed by atoms with van der Waals surface area (Å²) in [5.74, 6) is -3.60. The van der Waals surface area contributed by atoms with E-state index in [9.17, 15) is 18.4 Å². The summed E-state index contributed by atoms with van der Waals surface area (Å²) in [6.07, 6.45) is -0.629. The number of alkyl halides is 2. The van der Waals surface area contributed by atoms with Crippen LogP contribution in [0.1, 0.15) is 55.7 Å². The minimum Gasteiger partial charge on any atom is -0.465 e. The number of aryl methyl sites for hydroxylation is 1. The van der Waals surface area contributed by atoms with Crippen LogP contribution in [0.2, 0.25) is 0 Å². The molecule has 0 spiro atoms. The molecule has 0 bridgehead atoms. The Labute approximate surface area is 123 Å². The van der Waals surface area contributed by atoms with E-state index in [1.807, 2.05) is 27.7 Å². The molecule has 0 radical (unpaired) electrons. The van der Waals surface area contributed by atoms with E-state index in [2.05, 4.69) is 9.72 Å². The summed E-state index contributed by atoms with van der Waals surface area (Å²) < 4.78 is 30.8. The second kappa shape index (κ2) is 8.54. The van der Waals surface area contributed by atoms with Gasteiger partial charge in [0.15, 0.2) is 0 Å². The topological polar surface area (TPSA) is 59.2 Å². The van der Waals surface area contributed by atoms with Crippen molar-refractivity contribution in [1.29, 1.82) is 0 Å². The van der Waals surface area contributed by atoms with Gasteiger partial charge in [0.2, 0.25) is 0 Å². The molecule has 1 aromatic rings. The lowest BCUT2D eigenvalue weighted by atomic mass is 9.92. The highest BCUT2D eigenvalue weighted by Crippen LogP contribution is 2.31. The Morgan fingerprint density at radius 2 is 1.86 bits per heavy atom. The van der Waals surface area contributed by atoms with Gasteiger partial charge in [-0.15, -0.1) is 0 Å². The highest BCUT2D eigenvalue weighted by Gasteiger charge is 2.35. The lowest BCUT2D eigenvalue weighted by Gasteiger charge is -2.23. The zero-order chi connectivity index (χ0) is 16.6. The number of ether oxygens (including phenoxy) is 1. The summed E-state index contributed by atoms with van der Waals surface area (Å²) in [4.78, 5) is 25.2. The van der Waals surface area contributed by atoms with Crippen LogP contribution in [0, 0.1) is 0 Å². The largest absolute Gasteiger partial charge is 0.465 e. The molecule has 1 aliphatic carbocycles. The predicted octanol–water partition coefficient (Wildman–Crippen LogP) is 3.34. The number of pyridine rings is 1. The number of fused-ring (bicyclic) bond motifs is 1. The molecule has 6 heteroatoms. The molecule has 0 aliphatic heterocycles. The minimum atomic E-state index is -2.78. The fraction of sp³-hybridized carbons (Fsp3) is 0.600. The smallest absolute Gasteiger partial charge is 0.343 e. The maximum Gasteiger partial charge on any atom is 0.343 e. The number of aromatic amines is 1. The number of methoxy groups -OCH3 is 1. The zero-order valence-electron chi connectivity index (χ0n) is 13.2. The van der Waals surface area contributed by atoms with Crippen LogP contribution in [-0.2, 0) is 17.6 Å². The second-order valence-corrected chi connectivity index (χ2v) is 4.04. The van der Waals surface area contributed by atoms with E-state index < -0.39 is 23.9 Å². The quantitative estimate of drug-likeness (QED) is 0.809. The van der Waals surface area contributed by atoms with E-state index in [1.54, 1.807) is 0 Å². The Balaban J connectivity index is 0.000000921. The summed E-state index contributed by atoms with van der Waals surface area (Å²) in [5.41, 5.74) is -0.0420. The van der Waals surface area contributed by atoms with Crippen LogP contribution >= 0.6 is 0 Å². The van der Waals surface area contributed by atoms with Gasteiger partial charge in [-0.2, -0.15) is 0 Å². The Kier molecular flexibility index (Phi) is 7.84. The van der Waals surface area contributed by atoms with Gasteiger partial charge in [0.1, 0.15) is 5.56 Å². The van der Waals surface area contributed by atoms with Gasteiger partial charge in [0, 0.05) is 18.5 Å². The lowest BCUT2D eigenvalue weighted by Crippen LogP contribution is -2.30. The van der Waals surface area contributed by atoms with E-state index in [4.69, 9.17) is 0 Å². The molecule has 0 aromatic carbocycles. The summed E-state index contributed by atoms with van der Waals surface area (Å²) in [5, 5.41) is 0. The van der Waals surface area contributed by atoms with Crippen molar-refractivity contribution in [3.05, 3.63) is 33.2 Å². The number of carbonyl (C=O) groups is 1. The number of halogens is 2. The number of esters is 1. The highest BCUT2D eigenvalue weighted by molar-refractivity contribution is 5.89. The highest BCUT2D eigenvalue weighted by atomic mass is 19.3. The number of nitrogens with one attached hydrogen (secondary N) is 1. The molecule has 0 atom stereocenters. The molecule has 4 nitrogen and oxygen atoms in total. The van der Waals surface area contributed by atoms with Gasteiger partial charge in [-0.1, -0.05) is 27.7 Å². The molecule has 120 valence electrons. The fourth-order valence-electron chi connectivity index (χ4n) is 1.93. The number of hydrogen-bond donors (Lipinski definition) is 1. The molecule has 1 heterocycles. The zero-order valence-corrected chi connectivity index (χ0v) is 13.2. The molecule has 1 aromatic heterocycles. The molecule has 1 N–H and O–H groups in total. The molecular weight excluding hydrogens is 280 g/mol. The van der Waals surface area contributed by atoms with Gasteiger partial charge in [-0.25, -0.2) is 13.6 Å². The molecule has 2 rings (SSSR count). The molecule has 0 amide bonds. The van der Waals surface area contributed by atoms with E-state index in [-0.39, 0.29) is 18.4 Å². The van der Waals surface area contributed by atoms with Crippen molar-refractivity contribution in [2.75, 3.05) is 7.11 Å². The maximum absolute atomic E-state index is 13.2. The van der Waals surface area contributed by atoms with Crippen molar-refractivity contribution in [2.45, 2.75) is 52.9 Å². The SMILES string of the molecule is CC.CC.COC(=O)c1cc2c([nH]c1=O)CCC(F)(F)C2. The van der Waals surface area contributed by atoms with E-state index in [1.165, 1.54) is 6.07 Å². The third kappa shape index (κ3) is 4.95. The molecule has 0 fully saturated rings. The average molecular weight is 303 g/mol. The van der Waals surface area contributed by atoms with Crippen molar-refractivity contribution in [1.82, 2.24) is 4.98 Å². The lowest BCUT2D eigenvalue weighted by molar-refractivity contribution is -0.0129. The summed E-state index contributed by atoms with van der Waals surface area (Å²) in [6.45, 7) is 8.00. The van der Waals surface area contributed by atoms with Crippen molar-refractivity contribution in [2.24, 2.45) is 0 Å². The first-order valence-electron chi connectivity index (χ1n) is 7.14. The number of H-pyrrole nitrogens is 1. The van der Waals surface area contributed by atoms with Gasteiger partial charge < -0.3 is 9.72 Å². The Hall–Kier alpha value is -1.72. The van der Waals surface area contributed by atoms with Gasteiger partial charge in [-0.05, 0) is 18.1 Å². The Bertz CT molecular complexity index is 524.